The van der Waals surface area contributed by atoms with E-state index in [1.807, 2.05) is 18.2 Å². The van der Waals surface area contributed by atoms with Gasteiger partial charge in [-0.05, 0) is 36.8 Å². The van der Waals surface area contributed by atoms with Crippen LogP contribution in [-0.2, 0) is 9.53 Å². The predicted molar refractivity (Wildman–Crippen MR) is 135 cm³/mol. The first kappa shape index (κ1) is 25.8. The van der Waals surface area contributed by atoms with Crippen molar-refractivity contribution in [2.24, 2.45) is 0 Å². The van der Waals surface area contributed by atoms with Crippen molar-refractivity contribution in [3.63, 3.8) is 0 Å². The molecule has 1 fully saturated rings. The van der Waals surface area contributed by atoms with Crippen LogP contribution in [0.5, 0.6) is 5.75 Å². The van der Waals surface area contributed by atoms with Gasteiger partial charge in [-0.3, -0.25) is 4.79 Å². The molecule has 2 heterocycles. The molecule has 5 N–H and O–H groups in total. The summed E-state index contributed by atoms with van der Waals surface area (Å²) < 4.78 is 10.8. The van der Waals surface area contributed by atoms with Crippen molar-refractivity contribution < 1.29 is 29.6 Å². The largest absolute Gasteiger partial charge is 0.497 e. The van der Waals surface area contributed by atoms with E-state index in [9.17, 15) is 25.4 Å². The van der Waals surface area contributed by atoms with Crippen LogP contribution in [0.1, 0.15) is 18.4 Å². The first-order chi connectivity index (χ1) is 17.3. The topological polar surface area (TPSA) is 144 Å². The average molecular weight is 510 g/mol. The summed E-state index contributed by atoms with van der Waals surface area (Å²) in [5, 5.41) is 46.9. The zero-order valence-corrected chi connectivity index (χ0v) is 20.5. The molecule has 1 saturated heterocycles. The molecule has 9 nitrogen and oxygen atoms in total. The number of aliphatic hydroxyl groups excluding tert-OH is 3. The minimum absolute atomic E-state index is 0.160. The van der Waals surface area contributed by atoms with Crippen molar-refractivity contribution in [3.05, 3.63) is 82.0 Å². The number of aliphatic hydroxyl groups is 3. The number of nitrogens with one attached hydrogen (secondary N) is 2. The molecule has 2 aromatic carbocycles. The van der Waals surface area contributed by atoms with Gasteiger partial charge in [-0.2, -0.15) is 5.26 Å². The van der Waals surface area contributed by atoms with Gasteiger partial charge in [-0.15, -0.1) is 0 Å². The molecule has 36 heavy (non-hydrogen) atoms. The summed E-state index contributed by atoms with van der Waals surface area (Å²) in [7, 11) is 1.55. The highest BCUT2D eigenvalue weighted by molar-refractivity contribution is 8.03. The number of ether oxygens (including phenoxy) is 2. The normalized spacial score (nSPS) is 26.2. The lowest BCUT2D eigenvalue weighted by Crippen LogP contribution is -2.51. The third kappa shape index (κ3) is 5.26. The van der Waals surface area contributed by atoms with Gasteiger partial charge in [-0.1, -0.05) is 42.1 Å². The second kappa shape index (κ2) is 11.2. The molecule has 0 aliphatic carbocycles. The fraction of sp³-hybridized carbons (Fsp3) is 0.308. The standard InChI is InChI=1S/C26H27N3O6S/c1-14-20(24(33)29-16-6-4-3-5-7-16)21(15-8-10-17(34-2)11-9-15)18(12-27)25(28-14)36-26-23(32)22(31)19(30)13-35-26/h3-11,19,21-23,26,28,30-32H,13H2,1-2H3,(H,29,33)/t19-,21?,22-,23+,26-/m0/s1. The monoisotopic (exact) mass is 509 g/mol. The summed E-state index contributed by atoms with van der Waals surface area (Å²) in [5.74, 6) is -0.451. The number of anilines is 1. The molecule has 2 aliphatic rings. The number of para-hydroxylation sites is 1. The third-order valence-corrected chi connectivity index (χ3v) is 7.27. The molecule has 4 rings (SSSR count). The van der Waals surface area contributed by atoms with E-state index in [0.29, 0.717) is 33.3 Å². The Hall–Kier alpha value is -3.33. The van der Waals surface area contributed by atoms with E-state index in [1.165, 1.54) is 0 Å². The van der Waals surface area contributed by atoms with E-state index < -0.39 is 29.7 Å². The maximum absolute atomic E-state index is 13.5. The van der Waals surface area contributed by atoms with Crippen LogP contribution in [0.3, 0.4) is 0 Å². The van der Waals surface area contributed by atoms with Crippen LogP contribution < -0.4 is 15.4 Å². The molecular weight excluding hydrogens is 482 g/mol. The van der Waals surface area contributed by atoms with Crippen molar-refractivity contribution >= 4 is 23.4 Å². The molecule has 1 amide bonds. The lowest BCUT2D eigenvalue weighted by Gasteiger charge is -2.36. The Morgan fingerprint density at radius 3 is 2.47 bits per heavy atom. The maximum atomic E-state index is 13.5. The van der Waals surface area contributed by atoms with Crippen LogP contribution in [0.4, 0.5) is 5.69 Å². The number of carbonyl (C=O) groups excluding carboxylic acids is 1. The minimum Gasteiger partial charge on any atom is -0.497 e. The molecule has 0 bridgehead atoms. The van der Waals surface area contributed by atoms with Crippen LogP contribution >= 0.6 is 11.8 Å². The Balaban J connectivity index is 1.73. The molecule has 2 aliphatic heterocycles. The van der Waals surface area contributed by atoms with Crippen LogP contribution in [0.2, 0.25) is 0 Å². The summed E-state index contributed by atoms with van der Waals surface area (Å²) in [4.78, 5) is 13.5. The predicted octanol–water partition coefficient (Wildman–Crippen LogP) is 2.20. The van der Waals surface area contributed by atoms with Crippen molar-refractivity contribution in [1.82, 2.24) is 5.32 Å². The number of dihydropyridines is 1. The lowest BCUT2D eigenvalue weighted by atomic mass is 9.82. The first-order valence-electron chi connectivity index (χ1n) is 11.3. The highest BCUT2D eigenvalue weighted by atomic mass is 32.2. The molecule has 1 unspecified atom stereocenters. The summed E-state index contributed by atoms with van der Waals surface area (Å²) in [6.07, 6.45) is -3.96. The molecule has 0 aromatic heterocycles. The Labute approximate surface area is 213 Å². The third-order valence-electron chi connectivity index (χ3n) is 6.06. The van der Waals surface area contributed by atoms with Gasteiger partial charge in [0.2, 0.25) is 0 Å². The van der Waals surface area contributed by atoms with Gasteiger partial charge in [0.05, 0.1) is 36.3 Å². The van der Waals surface area contributed by atoms with E-state index in [0.717, 1.165) is 11.8 Å². The summed E-state index contributed by atoms with van der Waals surface area (Å²) in [6, 6.07) is 18.4. The van der Waals surface area contributed by atoms with Gasteiger partial charge >= 0.3 is 0 Å². The van der Waals surface area contributed by atoms with Gasteiger partial charge in [0.1, 0.15) is 29.5 Å². The Morgan fingerprint density at radius 2 is 1.83 bits per heavy atom. The van der Waals surface area contributed by atoms with E-state index in [4.69, 9.17) is 9.47 Å². The van der Waals surface area contributed by atoms with E-state index in [1.54, 1.807) is 50.4 Å². The lowest BCUT2D eigenvalue weighted by molar-refractivity contribution is -0.161. The number of amides is 1. The van der Waals surface area contributed by atoms with E-state index in [-0.39, 0.29) is 18.1 Å². The molecule has 0 radical (unpaired) electrons. The zero-order valence-electron chi connectivity index (χ0n) is 19.7. The van der Waals surface area contributed by atoms with Gasteiger partial charge in [0, 0.05) is 17.0 Å². The number of carbonyl (C=O) groups is 1. The minimum atomic E-state index is -1.38. The van der Waals surface area contributed by atoms with Crippen molar-refractivity contribution in [3.8, 4) is 11.8 Å². The number of benzene rings is 2. The van der Waals surface area contributed by atoms with Gasteiger partial charge in [-0.25, -0.2) is 0 Å². The average Bonchev–Trinajstić information content (AvgIpc) is 2.89. The zero-order chi connectivity index (χ0) is 25.8. The van der Waals surface area contributed by atoms with Gasteiger partial charge in [0.15, 0.2) is 0 Å². The number of allylic oxidation sites excluding steroid dienone is 2. The number of rotatable bonds is 6. The van der Waals surface area contributed by atoms with Gasteiger partial charge in [0.25, 0.3) is 5.91 Å². The number of hydrogen-bond acceptors (Lipinski definition) is 9. The number of hydrogen-bond donors (Lipinski definition) is 5. The summed E-state index contributed by atoms with van der Waals surface area (Å²) in [6.45, 7) is 1.58. The second-order valence-electron chi connectivity index (χ2n) is 8.41. The van der Waals surface area contributed by atoms with Crippen molar-refractivity contribution in [1.29, 1.82) is 5.26 Å². The summed E-state index contributed by atoms with van der Waals surface area (Å²) in [5.41, 5.74) is 1.53. The fourth-order valence-corrected chi connectivity index (χ4v) is 5.34. The fourth-order valence-electron chi connectivity index (χ4n) is 4.16. The highest BCUT2D eigenvalue weighted by Gasteiger charge is 2.41. The molecule has 0 spiro atoms. The highest BCUT2D eigenvalue weighted by Crippen LogP contribution is 2.43. The van der Waals surface area contributed by atoms with Crippen LogP contribution in [-0.4, -0.2) is 58.7 Å². The number of thioether (sulfide) groups is 1. The van der Waals surface area contributed by atoms with Crippen LogP contribution in [0.15, 0.2) is 76.5 Å². The molecule has 188 valence electrons. The number of nitrogens with zero attached hydrogens (tertiary/aromatic N) is 1. The molecule has 10 heteroatoms. The maximum Gasteiger partial charge on any atom is 0.254 e. The van der Waals surface area contributed by atoms with Gasteiger partial charge < -0.3 is 35.4 Å². The SMILES string of the molecule is COc1ccc(C2C(C#N)=C(S[C@@H]3OC[C@H](O)[C@H](O)[C@H]3O)NC(C)=C2C(=O)Nc2ccccc2)cc1. The molecular formula is C26H27N3O6S. The quantitative estimate of drug-likeness (QED) is 0.396. The summed E-state index contributed by atoms with van der Waals surface area (Å²) >= 11 is 1.03. The Kier molecular flexibility index (Phi) is 7.98. The van der Waals surface area contributed by atoms with Crippen LogP contribution in [0, 0.1) is 11.3 Å². The van der Waals surface area contributed by atoms with Crippen molar-refractivity contribution in [2.45, 2.75) is 36.6 Å². The molecule has 2 aromatic rings. The smallest absolute Gasteiger partial charge is 0.254 e. The molecule has 0 saturated carbocycles. The van der Waals surface area contributed by atoms with Crippen molar-refractivity contribution in [2.75, 3.05) is 19.0 Å². The van der Waals surface area contributed by atoms with Crippen LogP contribution in [0.25, 0.3) is 0 Å². The molecule has 5 atom stereocenters. The Bertz CT molecular complexity index is 1210. The first-order valence-corrected chi connectivity index (χ1v) is 12.2. The van der Waals surface area contributed by atoms with E-state index in [2.05, 4.69) is 16.7 Å². The number of nitriles is 1. The van der Waals surface area contributed by atoms with E-state index >= 15 is 0 Å². The number of methoxy groups -OCH3 is 1. The Morgan fingerprint density at radius 1 is 1.14 bits per heavy atom. The second-order valence-corrected chi connectivity index (χ2v) is 9.52.